The second kappa shape index (κ2) is 3.22. The molecule has 4 saturated carbocycles. The number of rotatable bonds is 3. The molecule has 6 atom stereocenters. The molecule has 16 heavy (non-hydrogen) atoms. The van der Waals surface area contributed by atoms with Gasteiger partial charge in [0.25, 0.3) is 0 Å². The lowest BCUT2D eigenvalue weighted by Gasteiger charge is -2.74. The second-order valence-corrected chi connectivity index (χ2v) is 7.63. The van der Waals surface area contributed by atoms with Crippen LogP contribution < -0.4 is 0 Å². The predicted molar refractivity (Wildman–Crippen MR) is 72.8 cm³/mol. The van der Waals surface area contributed by atoms with E-state index >= 15 is 0 Å². The van der Waals surface area contributed by atoms with Crippen LogP contribution >= 0.6 is 12.6 Å². The van der Waals surface area contributed by atoms with Crippen molar-refractivity contribution in [3.05, 3.63) is 0 Å². The zero-order chi connectivity index (χ0) is 11.7. The van der Waals surface area contributed by atoms with Crippen LogP contribution in [0.4, 0.5) is 0 Å². The average Bonchev–Trinajstić information content (AvgIpc) is 2.68. The van der Waals surface area contributed by atoms with Crippen molar-refractivity contribution in [2.75, 3.05) is 0 Å². The zero-order valence-corrected chi connectivity index (χ0v) is 12.1. The quantitative estimate of drug-likeness (QED) is 0.692. The van der Waals surface area contributed by atoms with E-state index in [1.165, 1.54) is 25.7 Å². The molecule has 1 spiro atoms. The van der Waals surface area contributed by atoms with Crippen molar-refractivity contribution in [3.8, 4) is 0 Å². The minimum Gasteiger partial charge on any atom is -0.176 e. The maximum atomic E-state index is 4.84. The summed E-state index contributed by atoms with van der Waals surface area (Å²) in [4.78, 5) is 0. The number of hydrogen-bond donors (Lipinski definition) is 1. The summed E-state index contributed by atoms with van der Waals surface area (Å²) in [6.07, 6.45) is 5.77. The monoisotopic (exact) mass is 238 g/mol. The van der Waals surface area contributed by atoms with Gasteiger partial charge in [-0.2, -0.15) is 12.6 Å². The van der Waals surface area contributed by atoms with Gasteiger partial charge in [0.05, 0.1) is 0 Å². The molecular formula is C15H26S. The lowest BCUT2D eigenvalue weighted by atomic mass is 9.30. The topological polar surface area (TPSA) is 0 Å². The number of hydrogen-bond acceptors (Lipinski definition) is 1. The summed E-state index contributed by atoms with van der Waals surface area (Å²) in [6.45, 7) is 9.76. The Labute approximate surface area is 106 Å². The second-order valence-electron chi connectivity index (χ2n) is 6.97. The van der Waals surface area contributed by atoms with Gasteiger partial charge in [-0.15, -0.1) is 0 Å². The van der Waals surface area contributed by atoms with E-state index in [0.717, 1.165) is 34.5 Å². The normalized spacial score (nSPS) is 55.5. The zero-order valence-electron chi connectivity index (χ0n) is 11.2. The predicted octanol–water partition coefficient (Wildman–Crippen LogP) is 4.40. The summed E-state index contributed by atoms with van der Waals surface area (Å²) >= 11 is 4.84. The van der Waals surface area contributed by atoms with Crippen molar-refractivity contribution in [1.29, 1.82) is 0 Å². The van der Waals surface area contributed by atoms with Crippen molar-refractivity contribution >= 4 is 12.6 Å². The van der Waals surface area contributed by atoms with E-state index < -0.39 is 0 Å². The molecule has 0 N–H and O–H groups in total. The minimum absolute atomic E-state index is 0.668. The molecule has 2 bridgehead atoms. The van der Waals surface area contributed by atoms with Gasteiger partial charge in [0.1, 0.15) is 0 Å². The van der Waals surface area contributed by atoms with Crippen molar-refractivity contribution in [1.82, 2.24) is 0 Å². The highest BCUT2D eigenvalue weighted by Gasteiger charge is 2.81. The highest BCUT2D eigenvalue weighted by atomic mass is 32.1. The Morgan fingerprint density at radius 1 is 1.31 bits per heavy atom. The Balaban J connectivity index is 1.86. The molecule has 4 rings (SSSR count). The fraction of sp³-hybridized carbons (Fsp3) is 1.00. The van der Waals surface area contributed by atoms with Crippen LogP contribution in [0, 0.1) is 34.5 Å². The molecule has 1 heteroatoms. The van der Waals surface area contributed by atoms with Gasteiger partial charge in [-0.1, -0.05) is 27.7 Å². The Morgan fingerprint density at radius 2 is 2.00 bits per heavy atom. The first-order valence-electron chi connectivity index (χ1n) is 7.19. The van der Waals surface area contributed by atoms with E-state index in [9.17, 15) is 0 Å². The molecule has 0 aromatic rings. The van der Waals surface area contributed by atoms with Crippen molar-refractivity contribution in [3.63, 3.8) is 0 Å². The van der Waals surface area contributed by atoms with Crippen LogP contribution in [-0.2, 0) is 0 Å². The van der Waals surface area contributed by atoms with Crippen LogP contribution in [0.25, 0.3) is 0 Å². The maximum Gasteiger partial charge on any atom is 0.00480 e. The highest BCUT2D eigenvalue weighted by molar-refractivity contribution is 7.81. The van der Waals surface area contributed by atoms with E-state index in [2.05, 4.69) is 27.7 Å². The third-order valence-electron chi connectivity index (χ3n) is 7.04. The molecule has 0 aromatic carbocycles. The SMILES string of the molecule is CCC(S)C1CC2C3(C(C)C)CCC12C3C. The molecule has 4 aliphatic rings. The third-order valence-corrected chi connectivity index (χ3v) is 7.76. The van der Waals surface area contributed by atoms with Gasteiger partial charge in [0.2, 0.25) is 0 Å². The highest BCUT2D eigenvalue weighted by Crippen LogP contribution is 2.86. The van der Waals surface area contributed by atoms with E-state index in [1.54, 1.807) is 0 Å². The summed E-state index contributed by atoms with van der Waals surface area (Å²) in [5.41, 5.74) is 1.48. The van der Waals surface area contributed by atoms with Crippen LogP contribution in [0.15, 0.2) is 0 Å². The Morgan fingerprint density at radius 3 is 2.50 bits per heavy atom. The van der Waals surface area contributed by atoms with Crippen LogP contribution in [0.2, 0.25) is 0 Å². The Kier molecular flexibility index (Phi) is 2.30. The fourth-order valence-corrected chi connectivity index (χ4v) is 6.63. The van der Waals surface area contributed by atoms with Gasteiger partial charge in [-0.25, -0.2) is 0 Å². The van der Waals surface area contributed by atoms with E-state index in [1.807, 2.05) is 0 Å². The number of fused-ring (bicyclic) bond motifs is 1. The summed E-state index contributed by atoms with van der Waals surface area (Å²) in [5, 5.41) is 0.668. The smallest absolute Gasteiger partial charge is 0.00480 e. The van der Waals surface area contributed by atoms with Crippen LogP contribution in [-0.4, -0.2) is 5.25 Å². The van der Waals surface area contributed by atoms with Crippen molar-refractivity contribution in [2.24, 2.45) is 34.5 Å². The summed E-state index contributed by atoms with van der Waals surface area (Å²) in [6, 6.07) is 0. The van der Waals surface area contributed by atoms with E-state index in [4.69, 9.17) is 12.6 Å². The lowest BCUT2D eigenvalue weighted by Crippen LogP contribution is -2.70. The van der Waals surface area contributed by atoms with Crippen molar-refractivity contribution < 1.29 is 0 Å². The largest absolute Gasteiger partial charge is 0.176 e. The van der Waals surface area contributed by atoms with Crippen LogP contribution in [0.1, 0.15) is 53.4 Å². The molecule has 0 nitrogen and oxygen atoms in total. The van der Waals surface area contributed by atoms with Gasteiger partial charge in [-0.3, -0.25) is 0 Å². The maximum absolute atomic E-state index is 4.84. The molecule has 4 aliphatic carbocycles. The molecule has 0 saturated heterocycles. The van der Waals surface area contributed by atoms with Crippen LogP contribution in [0.5, 0.6) is 0 Å². The molecule has 0 aromatic heterocycles. The Hall–Kier alpha value is 0.350. The fourth-order valence-electron chi connectivity index (χ4n) is 6.23. The minimum atomic E-state index is 0.668. The summed E-state index contributed by atoms with van der Waals surface area (Å²) < 4.78 is 0. The van der Waals surface area contributed by atoms with Crippen molar-refractivity contribution in [2.45, 2.75) is 58.6 Å². The molecule has 6 unspecified atom stereocenters. The van der Waals surface area contributed by atoms with Gasteiger partial charge < -0.3 is 0 Å². The number of thiol groups is 1. The first kappa shape index (κ1) is 11.4. The first-order chi connectivity index (χ1) is 7.51. The average molecular weight is 238 g/mol. The van der Waals surface area contributed by atoms with E-state index in [-0.39, 0.29) is 0 Å². The third kappa shape index (κ3) is 0.899. The Bertz CT molecular complexity index is 301. The lowest BCUT2D eigenvalue weighted by molar-refractivity contribution is -0.262. The molecule has 0 aliphatic heterocycles. The summed E-state index contributed by atoms with van der Waals surface area (Å²) in [7, 11) is 0. The first-order valence-corrected chi connectivity index (χ1v) is 7.71. The molecule has 0 heterocycles. The van der Waals surface area contributed by atoms with Gasteiger partial charge in [0.15, 0.2) is 0 Å². The van der Waals surface area contributed by atoms with Gasteiger partial charge >= 0.3 is 0 Å². The molecule has 4 fully saturated rings. The molecule has 92 valence electrons. The van der Waals surface area contributed by atoms with Gasteiger partial charge in [-0.05, 0) is 60.2 Å². The molecule has 0 amide bonds. The van der Waals surface area contributed by atoms with Gasteiger partial charge in [0, 0.05) is 5.25 Å². The van der Waals surface area contributed by atoms with Crippen LogP contribution in [0.3, 0.4) is 0 Å². The molecule has 0 radical (unpaired) electrons. The van der Waals surface area contributed by atoms with E-state index in [0.29, 0.717) is 5.25 Å². The summed E-state index contributed by atoms with van der Waals surface area (Å²) in [5.74, 6) is 3.88. The molecular weight excluding hydrogens is 212 g/mol. The standard InChI is InChI=1S/C15H26S/c1-5-12(16)11-8-13-14(9(2)3)6-7-15(11,13)10(14)4/h9-13,16H,5-8H2,1-4H3.